The molecule has 0 atom stereocenters. The molecule has 0 saturated carbocycles. The second-order valence-electron chi connectivity index (χ2n) is 4.31. The van der Waals surface area contributed by atoms with E-state index in [-0.39, 0.29) is 5.91 Å². The fraction of sp³-hybridized carbons (Fsp3) is 0.235. The van der Waals surface area contributed by atoms with Crippen LogP contribution in [0.25, 0.3) is 0 Å². The minimum Gasteiger partial charge on any atom is -0.493 e. The molecule has 2 rings (SSSR count). The minimum atomic E-state index is -0.216. The number of anilines is 1. The van der Waals surface area contributed by atoms with Crippen LogP contribution < -0.4 is 14.8 Å². The van der Waals surface area contributed by atoms with E-state index in [0.29, 0.717) is 36.0 Å². The summed E-state index contributed by atoms with van der Waals surface area (Å²) < 4.78 is 11.0. The zero-order chi connectivity index (χ0) is 15.1. The summed E-state index contributed by atoms with van der Waals surface area (Å²) in [6.07, 6.45) is 0. The van der Waals surface area contributed by atoms with Crippen LogP contribution in [-0.4, -0.2) is 19.1 Å². The lowest BCUT2D eigenvalue weighted by atomic mass is 10.2. The average Bonchev–Trinajstić information content (AvgIpc) is 2.50. The van der Waals surface area contributed by atoms with Crippen LogP contribution in [0.2, 0.25) is 0 Å². The van der Waals surface area contributed by atoms with Gasteiger partial charge in [0, 0.05) is 0 Å². The first-order valence-corrected chi connectivity index (χ1v) is 7.01. The molecule has 0 aliphatic heterocycles. The average molecular weight is 285 g/mol. The van der Waals surface area contributed by atoms with E-state index in [1.54, 1.807) is 12.1 Å². The summed E-state index contributed by atoms with van der Waals surface area (Å²) in [6.45, 7) is 4.85. The predicted octanol–water partition coefficient (Wildman–Crippen LogP) is 3.74. The fourth-order valence-electron chi connectivity index (χ4n) is 1.98. The molecule has 0 fully saturated rings. The highest BCUT2D eigenvalue weighted by atomic mass is 16.5. The summed E-state index contributed by atoms with van der Waals surface area (Å²) in [6, 6.07) is 14.5. The van der Waals surface area contributed by atoms with E-state index in [4.69, 9.17) is 9.47 Å². The summed E-state index contributed by atoms with van der Waals surface area (Å²) in [5, 5.41) is 2.87. The third kappa shape index (κ3) is 3.75. The molecule has 21 heavy (non-hydrogen) atoms. The molecule has 1 N–H and O–H groups in total. The van der Waals surface area contributed by atoms with Crippen LogP contribution in [0.15, 0.2) is 48.5 Å². The van der Waals surface area contributed by atoms with Gasteiger partial charge in [0.15, 0.2) is 0 Å². The number of rotatable bonds is 6. The van der Waals surface area contributed by atoms with Gasteiger partial charge in [0.25, 0.3) is 5.91 Å². The molecule has 0 bridgehead atoms. The van der Waals surface area contributed by atoms with E-state index in [9.17, 15) is 4.79 Å². The van der Waals surface area contributed by atoms with Crippen molar-refractivity contribution >= 4 is 11.6 Å². The second-order valence-corrected chi connectivity index (χ2v) is 4.31. The van der Waals surface area contributed by atoms with Gasteiger partial charge in [-0.25, -0.2) is 0 Å². The van der Waals surface area contributed by atoms with Crippen LogP contribution in [0.5, 0.6) is 11.5 Å². The highest BCUT2D eigenvalue weighted by molar-refractivity contribution is 6.06. The third-order valence-corrected chi connectivity index (χ3v) is 2.87. The number of nitrogens with one attached hydrogen (secondary N) is 1. The maximum absolute atomic E-state index is 12.4. The lowest BCUT2D eigenvalue weighted by molar-refractivity contribution is 0.102. The first-order chi connectivity index (χ1) is 10.3. The monoisotopic (exact) mass is 285 g/mol. The Balaban J connectivity index is 2.22. The van der Waals surface area contributed by atoms with Crippen molar-refractivity contribution in [3.05, 3.63) is 54.1 Å². The van der Waals surface area contributed by atoms with Crippen LogP contribution in [0.4, 0.5) is 5.69 Å². The summed E-state index contributed by atoms with van der Waals surface area (Å²) in [7, 11) is 0. The Morgan fingerprint density at radius 1 is 0.905 bits per heavy atom. The number of ether oxygens (including phenoxy) is 2. The fourth-order valence-corrected chi connectivity index (χ4v) is 1.98. The van der Waals surface area contributed by atoms with E-state index in [1.165, 1.54) is 0 Å². The van der Waals surface area contributed by atoms with Gasteiger partial charge in [0.05, 0.1) is 24.5 Å². The van der Waals surface area contributed by atoms with Crippen LogP contribution in [0.3, 0.4) is 0 Å². The van der Waals surface area contributed by atoms with Crippen molar-refractivity contribution in [2.45, 2.75) is 13.8 Å². The molecule has 4 heteroatoms. The highest BCUT2D eigenvalue weighted by Gasteiger charge is 2.13. The minimum absolute atomic E-state index is 0.216. The Morgan fingerprint density at radius 2 is 1.48 bits per heavy atom. The molecule has 0 spiro atoms. The summed E-state index contributed by atoms with van der Waals surface area (Å²) in [5.74, 6) is 1.01. The predicted molar refractivity (Wildman–Crippen MR) is 83.2 cm³/mol. The number of para-hydroxylation sites is 3. The van der Waals surface area contributed by atoms with Gasteiger partial charge in [-0.1, -0.05) is 24.3 Å². The van der Waals surface area contributed by atoms with Crippen LogP contribution in [0, 0.1) is 0 Å². The maximum atomic E-state index is 12.4. The molecule has 0 aliphatic carbocycles. The molecule has 2 aromatic rings. The Kier molecular flexibility index (Phi) is 5.21. The van der Waals surface area contributed by atoms with Crippen molar-refractivity contribution in [3.8, 4) is 11.5 Å². The van der Waals surface area contributed by atoms with Crippen molar-refractivity contribution in [1.82, 2.24) is 0 Å². The molecule has 2 aromatic carbocycles. The van der Waals surface area contributed by atoms with Crippen molar-refractivity contribution in [2.75, 3.05) is 18.5 Å². The molecular formula is C17H19NO3. The molecule has 110 valence electrons. The quantitative estimate of drug-likeness (QED) is 0.879. The molecule has 0 heterocycles. The molecule has 0 aliphatic rings. The Morgan fingerprint density at radius 3 is 2.19 bits per heavy atom. The first kappa shape index (κ1) is 14.9. The summed E-state index contributed by atoms with van der Waals surface area (Å²) >= 11 is 0. The number of hydrogen-bond donors (Lipinski definition) is 1. The molecular weight excluding hydrogens is 266 g/mol. The molecule has 0 unspecified atom stereocenters. The van der Waals surface area contributed by atoms with E-state index >= 15 is 0 Å². The Labute approximate surface area is 124 Å². The summed E-state index contributed by atoms with van der Waals surface area (Å²) in [5.41, 5.74) is 1.15. The van der Waals surface area contributed by atoms with Gasteiger partial charge in [-0.15, -0.1) is 0 Å². The SMILES string of the molecule is CCOc1ccccc1NC(=O)c1ccccc1OCC. The van der Waals surface area contributed by atoms with E-state index < -0.39 is 0 Å². The topological polar surface area (TPSA) is 47.6 Å². The zero-order valence-electron chi connectivity index (χ0n) is 12.3. The van der Waals surface area contributed by atoms with Gasteiger partial charge in [0.1, 0.15) is 11.5 Å². The van der Waals surface area contributed by atoms with Crippen molar-refractivity contribution in [2.24, 2.45) is 0 Å². The van der Waals surface area contributed by atoms with Crippen LogP contribution in [-0.2, 0) is 0 Å². The molecule has 0 radical (unpaired) electrons. The Hall–Kier alpha value is -2.49. The van der Waals surface area contributed by atoms with Crippen molar-refractivity contribution < 1.29 is 14.3 Å². The Bertz CT molecular complexity index is 610. The normalized spacial score (nSPS) is 10.0. The third-order valence-electron chi connectivity index (χ3n) is 2.87. The van der Waals surface area contributed by atoms with E-state index in [1.807, 2.05) is 50.2 Å². The van der Waals surface area contributed by atoms with Crippen LogP contribution >= 0.6 is 0 Å². The van der Waals surface area contributed by atoms with Gasteiger partial charge in [-0.05, 0) is 38.1 Å². The number of amides is 1. The second kappa shape index (κ2) is 7.33. The lowest BCUT2D eigenvalue weighted by Gasteiger charge is -2.13. The molecule has 0 saturated heterocycles. The number of carbonyl (C=O) groups excluding carboxylic acids is 1. The smallest absolute Gasteiger partial charge is 0.259 e. The largest absolute Gasteiger partial charge is 0.493 e. The number of carbonyl (C=O) groups is 1. The number of benzene rings is 2. The zero-order valence-corrected chi connectivity index (χ0v) is 12.3. The van der Waals surface area contributed by atoms with Gasteiger partial charge >= 0.3 is 0 Å². The van der Waals surface area contributed by atoms with Gasteiger partial charge < -0.3 is 14.8 Å². The standard InChI is InChI=1S/C17H19NO3/c1-3-20-15-11-7-5-9-13(15)17(19)18-14-10-6-8-12-16(14)21-4-2/h5-12H,3-4H2,1-2H3,(H,18,19). The molecule has 1 amide bonds. The lowest BCUT2D eigenvalue weighted by Crippen LogP contribution is -2.14. The van der Waals surface area contributed by atoms with E-state index in [0.717, 1.165) is 0 Å². The summed E-state index contributed by atoms with van der Waals surface area (Å²) in [4.78, 5) is 12.4. The van der Waals surface area contributed by atoms with Crippen molar-refractivity contribution in [3.63, 3.8) is 0 Å². The molecule has 4 nitrogen and oxygen atoms in total. The van der Waals surface area contributed by atoms with E-state index in [2.05, 4.69) is 5.32 Å². The van der Waals surface area contributed by atoms with Crippen LogP contribution in [0.1, 0.15) is 24.2 Å². The first-order valence-electron chi connectivity index (χ1n) is 7.01. The van der Waals surface area contributed by atoms with Crippen molar-refractivity contribution in [1.29, 1.82) is 0 Å². The van der Waals surface area contributed by atoms with Gasteiger partial charge in [-0.3, -0.25) is 4.79 Å². The van der Waals surface area contributed by atoms with Gasteiger partial charge in [-0.2, -0.15) is 0 Å². The number of hydrogen-bond acceptors (Lipinski definition) is 3. The maximum Gasteiger partial charge on any atom is 0.259 e. The molecule has 0 aromatic heterocycles. The highest BCUT2D eigenvalue weighted by Crippen LogP contribution is 2.26. The van der Waals surface area contributed by atoms with Gasteiger partial charge in [0.2, 0.25) is 0 Å².